The standard InChI is InChI=1S/C14H11ClN2O4/c1-21-14(20)11-6-16-8-17(13(11)19)7-12(18)9-2-4-10(15)5-3-9/h2-6,8H,7H2,1H3. The van der Waals surface area contributed by atoms with Crippen molar-refractivity contribution in [2.45, 2.75) is 6.54 Å². The third-order valence-electron chi connectivity index (χ3n) is 2.79. The number of carbonyl (C=O) groups excluding carboxylic acids is 2. The van der Waals surface area contributed by atoms with Gasteiger partial charge in [-0.05, 0) is 24.3 Å². The number of benzene rings is 1. The highest BCUT2D eigenvalue weighted by molar-refractivity contribution is 6.30. The van der Waals surface area contributed by atoms with Crippen LogP contribution in [0.25, 0.3) is 0 Å². The smallest absolute Gasteiger partial charge is 0.345 e. The fourth-order valence-electron chi connectivity index (χ4n) is 1.70. The predicted molar refractivity (Wildman–Crippen MR) is 75.6 cm³/mol. The zero-order chi connectivity index (χ0) is 15.4. The van der Waals surface area contributed by atoms with Crippen LogP contribution in [0.15, 0.2) is 41.6 Å². The van der Waals surface area contributed by atoms with Crippen LogP contribution in [0.5, 0.6) is 0 Å². The van der Waals surface area contributed by atoms with E-state index in [1.54, 1.807) is 24.3 Å². The highest BCUT2D eigenvalue weighted by atomic mass is 35.5. The first-order valence-electron chi connectivity index (χ1n) is 5.94. The first kappa shape index (κ1) is 14.9. The molecule has 0 radical (unpaired) electrons. The summed E-state index contributed by atoms with van der Waals surface area (Å²) in [4.78, 5) is 39.3. The third kappa shape index (κ3) is 3.35. The van der Waals surface area contributed by atoms with Gasteiger partial charge in [0.2, 0.25) is 0 Å². The summed E-state index contributed by atoms with van der Waals surface area (Å²) >= 11 is 5.75. The number of halogens is 1. The molecule has 6 nitrogen and oxygen atoms in total. The second-order valence-corrected chi connectivity index (χ2v) is 4.60. The minimum absolute atomic E-state index is 0.219. The van der Waals surface area contributed by atoms with Gasteiger partial charge < -0.3 is 4.74 Å². The van der Waals surface area contributed by atoms with Crippen molar-refractivity contribution >= 4 is 23.4 Å². The molecule has 0 N–H and O–H groups in total. The Morgan fingerprint density at radius 3 is 2.57 bits per heavy atom. The molecule has 1 aromatic carbocycles. The molecule has 0 saturated heterocycles. The number of nitrogens with zero attached hydrogens (tertiary/aromatic N) is 2. The van der Waals surface area contributed by atoms with Crippen LogP contribution in [-0.2, 0) is 11.3 Å². The molecule has 0 spiro atoms. The van der Waals surface area contributed by atoms with Crippen LogP contribution in [0.4, 0.5) is 0 Å². The van der Waals surface area contributed by atoms with E-state index < -0.39 is 11.5 Å². The van der Waals surface area contributed by atoms with E-state index in [1.165, 1.54) is 6.33 Å². The zero-order valence-corrected chi connectivity index (χ0v) is 11.8. The van der Waals surface area contributed by atoms with Crippen LogP contribution >= 0.6 is 11.6 Å². The maximum absolute atomic E-state index is 12.1. The molecule has 0 aliphatic heterocycles. The van der Waals surface area contributed by atoms with Crippen LogP contribution in [0.1, 0.15) is 20.7 Å². The predicted octanol–water partition coefficient (Wildman–Crippen LogP) is 1.57. The van der Waals surface area contributed by atoms with Crippen molar-refractivity contribution in [3.63, 3.8) is 0 Å². The van der Waals surface area contributed by atoms with Gasteiger partial charge in [-0.3, -0.25) is 14.2 Å². The van der Waals surface area contributed by atoms with Crippen LogP contribution in [0.3, 0.4) is 0 Å². The molecule has 0 saturated carbocycles. The maximum Gasteiger partial charge on any atom is 0.345 e. The maximum atomic E-state index is 12.1. The Bertz CT molecular complexity index is 737. The summed E-state index contributed by atoms with van der Waals surface area (Å²) in [5.41, 5.74) is -0.433. The minimum Gasteiger partial charge on any atom is -0.465 e. The van der Waals surface area contributed by atoms with Gasteiger partial charge in [-0.1, -0.05) is 11.6 Å². The van der Waals surface area contributed by atoms with Crippen LogP contribution in [0.2, 0.25) is 5.02 Å². The van der Waals surface area contributed by atoms with E-state index in [0.717, 1.165) is 17.9 Å². The van der Waals surface area contributed by atoms with E-state index in [4.69, 9.17) is 11.6 Å². The van der Waals surface area contributed by atoms with E-state index in [-0.39, 0.29) is 17.9 Å². The monoisotopic (exact) mass is 306 g/mol. The van der Waals surface area contributed by atoms with Crippen LogP contribution < -0.4 is 5.56 Å². The lowest BCUT2D eigenvalue weighted by atomic mass is 10.1. The molecule has 0 atom stereocenters. The highest BCUT2D eigenvalue weighted by Gasteiger charge is 2.15. The quantitative estimate of drug-likeness (QED) is 0.633. The average Bonchev–Trinajstić information content (AvgIpc) is 2.49. The second kappa shape index (κ2) is 6.32. The lowest BCUT2D eigenvalue weighted by molar-refractivity contribution is 0.0596. The van der Waals surface area contributed by atoms with E-state index in [0.29, 0.717) is 10.6 Å². The first-order chi connectivity index (χ1) is 10.0. The van der Waals surface area contributed by atoms with Crippen LogP contribution in [0, 0.1) is 0 Å². The minimum atomic E-state index is -0.791. The normalized spacial score (nSPS) is 10.2. The van der Waals surface area contributed by atoms with Gasteiger partial charge in [-0.2, -0.15) is 0 Å². The summed E-state index contributed by atoms with van der Waals surface area (Å²) in [7, 11) is 1.16. The van der Waals surface area contributed by atoms with E-state index in [2.05, 4.69) is 9.72 Å². The number of methoxy groups -OCH3 is 1. The summed E-state index contributed by atoms with van der Waals surface area (Å²) in [5, 5.41) is 0.512. The molecule has 0 unspecified atom stereocenters. The molecule has 2 rings (SSSR count). The van der Waals surface area contributed by atoms with Crippen molar-refractivity contribution in [3.05, 3.63) is 63.3 Å². The Morgan fingerprint density at radius 2 is 1.95 bits per heavy atom. The average molecular weight is 307 g/mol. The topological polar surface area (TPSA) is 78.3 Å². The Balaban J connectivity index is 2.28. The number of aromatic nitrogens is 2. The summed E-state index contributed by atoms with van der Waals surface area (Å²) < 4.78 is 5.54. The van der Waals surface area contributed by atoms with Crippen molar-refractivity contribution in [1.29, 1.82) is 0 Å². The number of rotatable bonds is 4. The molecular weight excluding hydrogens is 296 g/mol. The van der Waals surface area contributed by atoms with Gasteiger partial charge in [-0.25, -0.2) is 9.78 Å². The van der Waals surface area contributed by atoms with Crippen molar-refractivity contribution in [2.75, 3.05) is 7.11 Å². The molecule has 108 valence electrons. The van der Waals surface area contributed by atoms with Crippen molar-refractivity contribution in [3.8, 4) is 0 Å². The molecule has 2 aromatic rings. The molecule has 0 bridgehead atoms. The van der Waals surface area contributed by atoms with Gasteiger partial charge >= 0.3 is 5.97 Å². The lowest BCUT2D eigenvalue weighted by Crippen LogP contribution is -2.29. The summed E-state index contributed by atoms with van der Waals surface area (Å²) in [6, 6.07) is 6.29. The van der Waals surface area contributed by atoms with Gasteiger partial charge in [0.25, 0.3) is 5.56 Å². The number of hydrogen-bond donors (Lipinski definition) is 0. The fraction of sp³-hybridized carbons (Fsp3) is 0.143. The Morgan fingerprint density at radius 1 is 1.29 bits per heavy atom. The Kier molecular flexibility index (Phi) is 4.49. The summed E-state index contributed by atoms with van der Waals surface area (Å²) in [6.45, 7) is -0.224. The first-order valence-corrected chi connectivity index (χ1v) is 6.32. The number of ketones is 1. The van der Waals surface area contributed by atoms with E-state index in [1.807, 2.05) is 0 Å². The summed E-state index contributed by atoms with van der Waals surface area (Å²) in [6.07, 6.45) is 2.31. The third-order valence-corrected chi connectivity index (χ3v) is 3.04. The second-order valence-electron chi connectivity index (χ2n) is 4.16. The van der Waals surface area contributed by atoms with Crippen LogP contribution in [-0.4, -0.2) is 28.4 Å². The molecule has 1 heterocycles. The SMILES string of the molecule is COC(=O)c1cncn(CC(=O)c2ccc(Cl)cc2)c1=O. The lowest BCUT2D eigenvalue weighted by Gasteiger charge is -2.06. The van der Waals surface area contributed by atoms with Gasteiger partial charge in [0.05, 0.1) is 20.0 Å². The van der Waals surface area contributed by atoms with Gasteiger partial charge in [0.15, 0.2) is 5.78 Å². The van der Waals surface area contributed by atoms with E-state index >= 15 is 0 Å². The highest BCUT2D eigenvalue weighted by Crippen LogP contribution is 2.10. The molecule has 1 aromatic heterocycles. The molecule has 0 aliphatic carbocycles. The largest absolute Gasteiger partial charge is 0.465 e. The number of Topliss-reactive ketones (excluding diaryl/α,β-unsaturated/α-hetero) is 1. The number of carbonyl (C=O) groups is 2. The molecule has 0 fully saturated rings. The van der Waals surface area contributed by atoms with Gasteiger partial charge in [0.1, 0.15) is 5.56 Å². The van der Waals surface area contributed by atoms with E-state index in [9.17, 15) is 14.4 Å². The fourth-order valence-corrected chi connectivity index (χ4v) is 1.82. The number of esters is 1. The summed E-state index contributed by atoms with van der Waals surface area (Å²) in [5.74, 6) is -1.08. The van der Waals surface area contributed by atoms with Gasteiger partial charge in [0, 0.05) is 16.8 Å². The molecule has 21 heavy (non-hydrogen) atoms. The van der Waals surface area contributed by atoms with Crippen molar-refractivity contribution in [1.82, 2.24) is 9.55 Å². The number of ether oxygens (including phenoxy) is 1. The van der Waals surface area contributed by atoms with Gasteiger partial charge in [-0.15, -0.1) is 0 Å². The van der Waals surface area contributed by atoms with Crippen molar-refractivity contribution < 1.29 is 14.3 Å². The molecule has 0 aliphatic rings. The molecule has 0 amide bonds. The molecule has 7 heteroatoms. The Hall–Kier alpha value is -2.47. The van der Waals surface area contributed by atoms with Crippen molar-refractivity contribution in [2.24, 2.45) is 0 Å². The Labute approximate surface area is 124 Å². The molecular formula is C14H11ClN2O4. The number of hydrogen-bond acceptors (Lipinski definition) is 5. The zero-order valence-electron chi connectivity index (χ0n) is 11.1.